The van der Waals surface area contributed by atoms with E-state index in [9.17, 15) is 13.2 Å². The highest BCUT2D eigenvalue weighted by atomic mass is 35.5. The van der Waals surface area contributed by atoms with Crippen molar-refractivity contribution in [3.05, 3.63) is 27.7 Å². The van der Waals surface area contributed by atoms with Crippen LogP contribution in [0, 0.1) is 12.8 Å². The van der Waals surface area contributed by atoms with Gasteiger partial charge in [0.25, 0.3) is 0 Å². The van der Waals surface area contributed by atoms with Gasteiger partial charge in [0.15, 0.2) is 0 Å². The first-order valence-corrected chi connectivity index (χ1v) is 8.11. The molecule has 1 saturated heterocycles. The summed E-state index contributed by atoms with van der Waals surface area (Å²) in [6.45, 7) is 1.85. The van der Waals surface area contributed by atoms with Crippen molar-refractivity contribution in [2.24, 2.45) is 5.92 Å². The van der Waals surface area contributed by atoms with Crippen molar-refractivity contribution in [1.82, 2.24) is 4.31 Å². The molecule has 0 bridgehead atoms. The molecule has 1 heterocycles. The number of aliphatic carboxylic acids is 1. The van der Waals surface area contributed by atoms with E-state index in [1.165, 1.54) is 12.1 Å². The molecule has 5 nitrogen and oxygen atoms in total. The SMILES string of the molecule is Cc1c(Cl)cc(S(=O)(=O)N2CCC(C(=O)O)C2)cc1Cl. The molecule has 20 heavy (non-hydrogen) atoms. The van der Waals surface area contributed by atoms with Gasteiger partial charge in [-0.2, -0.15) is 4.31 Å². The summed E-state index contributed by atoms with van der Waals surface area (Å²) in [4.78, 5) is 10.9. The van der Waals surface area contributed by atoms with Crippen LogP contribution >= 0.6 is 23.2 Å². The summed E-state index contributed by atoms with van der Waals surface area (Å²) in [5.74, 6) is -1.65. The van der Waals surface area contributed by atoms with E-state index in [-0.39, 0.29) is 28.0 Å². The topological polar surface area (TPSA) is 74.7 Å². The Hall–Kier alpha value is -0.820. The maximum Gasteiger partial charge on any atom is 0.307 e. The molecule has 110 valence electrons. The first-order chi connectivity index (χ1) is 9.23. The van der Waals surface area contributed by atoms with Crippen molar-refractivity contribution in [2.75, 3.05) is 13.1 Å². The fraction of sp³-hybridized carbons (Fsp3) is 0.417. The molecule has 0 aliphatic carbocycles. The van der Waals surface area contributed by atoms with E-state index in [1.54, 1.807) is 6.92 Å². The highest BCUT2D eigenvalue weighted by Gasteiger charge is 2.36. The summed E-state index contributed by atoms with van der Waals surface area (Å²) >= 11 is 11.9. The normalized spacial score (nSPS) is 20.2. The predicted octanol–water partition coefficient (Wildman–Crippen LogP) is 2.40. The molecule has 1 aliphatic rings. The quantitative estimate of drug-likeness (QED) is 0.918. The molecule has 0 amide bonds. The van der Waals surface area contributed by atoms with Gasteiger partial charge in [0.05, 0.1) is 10.8 Å². The molecule has 1 unspecified atom stereocenters. The molecule has 8 heteroatoms. The molecule has 1 aromatic rings. The molecule has 0 radical (unpaired) electrons. The Labute approximate surface area is 127 Å². The lowest BCUT2D eigenvalue weighted by Gasteiger charge is -2.17. The molecule has 1 fully saturated rings. The van der Waals surface area contributed by atoms with Crippen molar-refractivity contribution >= 4 is 39.2 Å². The zero-order valence-electron chi connectivity index (χ0n) is 10.6. The average molecular weight is 338 g/mol. The Morgan fingerprint density at radius 1 is 1.35 bits per heavy atom. The summed E-state index contributed by atoms with van der Waals surface area (Å²) < 4.78 is 26.0. The Morgan fingerprint density at radius 3 is 2.35 bits per heavy atom. The minimum Gasteiger partial charge on any atom is -0.481 e. The Kier molecular flexibility index (Phi) is 4.30. The number of carboxylic acids is 1. The summed E-state index contributed by atoms with van der Waals surface area (Å²) in [7, 11) is -3.77. The third-order valence-electron chi connectivity index (χ3n) is 3.39. The first kappa shape index (κ1) is 15.6. The van der Waals surface area contributed by atoms with Crippen LogP contribution in [0.2, 0.25) is 10.0 Å². The Bertz CT molecular complexity index is 636. The molecular weight excluding hydrogens is 325 g/mol. The number of rotatable bonds is 3. The lowest BCUT2D eigenvalue weighted by Crippen LogP contribution is -2.30. The first-order valence-electron chi connectivity index (χ1n) is 5.92. The van der Waals surface area contributed by atoms with Crippen LogP contribution in [-0.2, 0) is 14.8 Å². The monoisotopic (exact) mass is 337 g/mol. The van der Waals surface area contributed by atoms with E-state index in [4.69, 9.17) is 28.3 Å². The van der Waals surface area contributed by atoms with E-state index in [2.05, 4.69) is 0 Å². The molecule has 0 saturated carbocycles. The van der Waals surface area contributed by atoms with Gasteiger partial charge in [-0.05, 0) is 31.0 Å². The Balaban J connectivity index is 2.35. The number of benzene rings is 1. The van der Waals surface area contributed by atoms with E-state index in [0.717, 1.165) is 4.31 Å². The van der Waals surface area contributed by atoms with E-state index >= 15 is 0 Å². The second-order valence-corrected chi connectivity index (χ2v) is 7.45. The second-order valence-electron chi connectivity index (χ2n) is 4.70. The van der Waals surface area contributed by atoms with Crippen LogP contribution in [0.1, 0.15) is 12.0 Å². The van der Waals surface area contributed by atoms with Gasteiger partial charge in [-0.3, -0.25) is 4.79 Å². The zero-order valence-corrected chi connectivity index (χ0v) is 13.0. The third kappa shape index (κ3) is 2.79. The van der Waals surface area contributed by atoms with E-state index in [0.29, 0.717) is 12.0 Å². The average Bonchev–Trinajstić information content (AvgIpc) is 2.85. The number of carbonyl (C=O) groups is 1. The summed E-state index contributed by atoms with van der Waals surface area (Å²) in [5, 5.41) is 9.47. The molecule has 0 spiro atoms. The summed E-state index contributed by atoms with van der Waals surface area (Å²) in [5.41, 5.74) is 0.608. The van der Waals surface area contributed by atoms with Gasteiger partial charge < -0.3 is 5.11 Å². The van der Waals surface area contributed by atoms with Crippen LogP contribution in [0.25, 0.3) is 0 Å². The van der Waals surface area contributed by atoms with Crippen LogP contribution in [-0.4, -0.2) is 36.9 Å². The van der Waals surface area contributed by atoms with Gasteiger partial charge in [0.1, 0.15) is 0 Å². The fourth-order valence-corrected chi connectivity index (χ4v) is 4.24. The molecule has 1 aromatic carbocycles. The van der Waals surface area contributed by atoms with Gasteiger partial charge >= 0.3 is 5.97 Å². The number of nitrogens with zero attached hydrogens (tertiary/aromatic N) is 1. The van der Waals surface area contributed by atoms with Crippen LogP contribution in [0.4, 0.5) is 0 Å². The van der Waals surface area contributed by atoms with Crippen molar-refractivity contribution in [3.8, 4) is 0 Å². The molecule has 1 aliphatic heterocycles. The van der Waals surface area contributed by atoms with Gasteiger partial charge in [0, 0.05) is 23.1 Å². The molecular formula is C12H13Cl2NO4S. The highest BCUT2D eigenvalue weighted by Crippen LogP contribution is 2.31. The van der Waals surface area contributed by atoms with Crippen molar-refractivity contribution in [3.63, 3.8) is 0 Å². The van der Waals surface area contributed by atoms with Gasteiger partial charge in [-0.1, -0.05) is 23.2 Å². The van der Waals surface area contributed by atoms with Crippen LogP contribution in [0.3, 0.4) is 0 Å². The minimum absolute atomic E-state index is 0.0101. The van der Waals surface area contributed by atoms with Crippen molar-refractivity contribution < 1.29 is 18.3 Å². The predicted molar refractivity (Wildman–Crippen MR) is 75.7 cm³/mol. The highest BCUT2D eigenvalue weighted by molar-refractivity contribution is 7.89. The summed E-state index contributed by atoms with van der Waals surface area (Å²) in [6.07, 6.45) is 0.307. The number of hydrogen-bond donors (Lipinski definition) is 1. The third-order valence-corrected chi connectivity index (χ3v) is 6.02. The van der Waals surface area contributed by atoms with Gasteiger partial charge in [0.2, 0.25) is 10.0 Å². The van der Waals surface area contributed by atoms with Gasteiger partial charge in [-0.25, -0.2) is 8.42 Å². The molecule has 1 atom stereocenters. The summed E-state index contributed by atoms with van der Waals surface area (Å²) in [6, 6.07) is 2.68. The van der Waals surface area contributed by atoms with Crippen LogP contribution < -0.4 is 0 Å². The van der Waals surface area contributed by atoms with Crippen molar-refractivity contribution in [1.29, 1.82) is 0 Å². The number of sulfonamides is 1. The lowest BCUT2D eigenvalue weighted by molar-refractivity contribution is -0.141. The fourth-order valence-electron chi connectivity index (χ4n) is 2.07. The smallest absolute Gasteiger partial charge is 0.307 e. The molecule has 2 rings (SSSR count). The zero-order chi connectivity index (χ0) is 15.1. The molecule has 0 aromatic heterocycles. The Morgan fingerprint density at radius 2 is 1.90 bits per heavy atom. The van der Waals surface area contributed by atoms with E-state index < -0.39 is 21.9 Å². The molecule has 1 N–H and O–H groups in total. The second kappa shape index (κ2) is 5.52. The van der Waals surface area contributed by atoms with Crippen molar-refractivity contribution in [2.45, 2.75) is 18.2 Å². The maximum atomic E-state index is 12.4. The van der Waals surface area contributed by atoms with Crippen LogP contribution in [0.5, 0.6) is 0 Å². The number of hydrogen-bond acceptors (Lipinski definition) is 3. The number of halogens is 2. The van der Waals surface area contributed by atoms with Crippen LogP contribution in [0.15, 0.2) is 17.0 Å². The van der Waals surface area contributed by atoms with E-state index in [1.807, 2.05) is 0 Å². The maximum absolute atomic E-state index is 12.4. The largest absolute Gasteiger partial charge is 0.481 e. The lowest BCUT2D eigenvalue weighted by atomic mass is 10.1. The standard InChI is InChI=1S/C12H13Cl2NO4S/c1-7-10(13)4-9(5-11(7)14)20(18,19)15-3-2-8(6-15)12(16)17/h4-5,8H,2-3,6H2,1H3,(H,16,17). The van der Waals surface area contributed by atoms with Gasteiger partial charge in [-0.15, -0.1) is 0 Å². The number of carboxylic acid groups (broad SMARTS) is 1. The minimum atomic E-state index is -3.77.